The summed E-state index contributed by atoms with van der Waals surface area (Å²) < 4.78 is 11.1. The van der Waals surface area contributed by atoms with Crippen molar-refractivity contribution in [2.75, 3.05) is 18.5 Å². The van der Waals surface area contributed by atoms with Crippen molar-refractivity contribution in [1.82, 2.24) is 9.88 Å². The highest BCUT2D eigenvalue weighted by Gasteiger charge is 2.29. The van der Waals surface area contributed by atoms with Crippen LogP contribution in [0.25, 0.3) is 0 Å². The summed E-state index contributed by atoms with van der Waals surface area (Å²) in [7, 11) is 0. The van der Waals surface area contributed by atoms with Crippen molar-refractivity contribution in [3.8, 4) is 0 Å². The van der Waals surface area contributed by atoms with Gasteiger partial charge in [-0.05, 0) is 41.9 Å². The van der Waals surface area contributed by atoms with Gasteiger partial charge in [-0.25, -0.2) is 4.98 Å². The third-order valence-corrected chi connectivity index (χ3v) is 5.09. The molecular weight excluding hydrogens is 410 g/mol. The number of aromatic nitrogens is 1. The van der Waals surface area contributed by atoms with E-state index in [9.17, 15) is 9.59 Å². The number of carbonyl (C=O) groups excluding carboxylic acids is 2. The summed E-state index contributed by atoms with van der Waals surface area (Å²) in [5, 5.41) is 4.88. The molecule has 0 radical (unpaired) electrons. The van der Waals surface area contributed by atoms with Crippen molar-refractivity contribution < 1.29 is 18.7 Å². The number of nitrogens with zero attached hydrogens (tertiary/aromatic N) is 2. The summed E-state index contributed by atoms with van der Waals surface area (Å²) in [4.78, 5) is 30.8. The lowest BCUT2D eigenvalue weighted by Crippen LogP contribution is -2.53. The topological polar surface area (TPSA) is 84.7 Å². The van der Waals surface area contributed by atoms with Crippen LogP contribution in [0.3, 0.4) is 0 Å². The van der Waals surface area contributed by atoms with E-state index < -0.39 is 0 Å². The van der Waals surface area contributed by atoms with Gasteiger partial charge in [-0.15, -0.1) is 11.3 Å². The van der Waals surface area contributed by atoms with Gasteiger partial charge in [0.2, 0.25) is 5.91 Å². The largest absolute Gasteiger partial charge is 0.444 e. The molecule has 134 valence electrons. The second-order valence-corrected chi connectivity index (χ2v) is 7.55. The molecule has 0 aromatic carbocycles. The minimum absolute atomic E-state index is 0.0152. The van der Waals surface area contributed by atoms with Crippen molar-refractivity contribution in [3.05, 3.63) is 33.6 Å². The number of amides is 2. The van der Waals surface area contributed by atoms with Gasteiger partial charge < -0.3 is 14.1 Å². The fraction of sp³-hybridized carbons (Fsp3) is 0.438. The summed E-state index contributed by atoms with van der Waals surface area (Å²) in [5.74, 6) is -0.176. The van der Waals surface area contributed by atoms with E-state index in [1.54, 1.807) is 17.5 Å². The molecule has 7 nitrogen and oxygen atoms in total. The van der Waals surface area contributed by atoms with Gasteiger partial charge in [0.15, 0.2) is 15.6 Å². The first-order valence-corrected chi connectivity index (χ1v) is 9.51. The minimum atomic E-state index is -0.381. The molecule has 1 N–H and O–H groups in total. The van der Waals surface area contributed by atoms with Crippen LogP contribution in [0.1, 0.15) is 30.1 Å². The van der Waals surface area contributed by atoms with Gasteiger partial charge in [0.1, 0.15) is 0 Å². The number of carbonyl (C=O) groups is 2. The van der Waals surface area contributed by atoms with Crippen molar-refractivity contribution >= 4 is 44.2 Å². The van der Waals surface area contributed by atoms with E-state index in [1.807, 2.05) is 18.7 Å². The highest BCUT2D eigenvalue weighted by atomic mass is 79.9. The Hall–Kier alpha value is -1.71. The fourth-order valence-electron chi connectivity index (χ4n) is 2.78. The Morgan fingerprint density at radius 2 is 2.08 bits per heavy atom. The number of anilines is 1. The van der Waals surface area contributed by atoms with Crippen molar-refractivity contribution in [1.29, 1.82) is 0 Å². The summed E-state index contributed by atoms with van der Waals surface area (Å²) >= 11 is 4.43. The zero-order valence-electron chi connectivity index (χ0n) is 13.8. The Balaban J connectivity index is 1.61. The van der Waals surface area contributed by atoms with E-state index >= 15 is 0 Å². The first kappa shape index (κ1) is 18.1. The normalized spacial score (nSPS) is 20.5. The molecule has 3 heterocycles. The number of rotatable bonds is 4. The molecule has 2 amide bonds. The van der Waals surface area contributed by atoms with Crippen LogP contribution in [0.4, 0.5) is 5.13 Å². The molecule has 3 rings (SSSR count). The van der Waals surface area contributed by atoms with Crippen LogP contribution in [0.5, 0.6) is 0 Å². The molecule has 25 heavy (non-hydrogen) atoms. The average Bonchev–Trinajstić information content (AvgIpc) is 3.16. The number of furan rings is 1. The van der Waals surface area contributed by atoms with Gasteiger partial charge in [-0.3, -0.25) is 14.9 Å². The summed E-state index contributed by atoms with van der Waals surface area (Å²) in [6.07, 6.45) is 0.202. The van der Waals surface area contributed by atoms with Crippen LogP contribution in [0, 0.1) is 0 Å². The maximum atomic E-state index is 12.6. The smallest absolute Gasteiger partial charge is 0.293 e. The average molecular weight is 428 g/mol. The Kier molecular flexibility index (Phi) is 5.55. The zero-order valence-corrected chi connectivity index (χ0v) is 16.2. The minimum Gasteiger partial charge on any atom is -0.444 e. The molecule has 0 saturated carbocycles. The third kappa shape index (κ3) is 4.28. The lowest BCUT2D eigenvalue weighted by molar-refractivity contribution is -0.143. The molecule has 1 saturated heterocycles. The maximum absolute atomic E-state index is 12.6. The van der Waals surface area contributed by atoms with E-state index in [2.05, 4.69) is 26.2 Å². The number of morpholine rings is 1. The molecule has 1 fully saturated rings. The lowest BCUT2D eigenvalue weighted by Gasteiger charge is -2.38. The van der Waals surface area contributed by atoms with E-state index in [0.717, 1.165) is 0 Å². The second kappa shape index (κ2) is 7.67. The van der Waals surface area contributed by atoms with Crippen molar-refractivity contribution in [2.24, 2.45) is 0 Å². The summed E-state index contributed by atoms with van der Waals surface area (Å²) in [6, 6.07) is 3.31. The van der Waals surface area contributed by atoms with Crippen LogP contribution in [0.2, 0.25) is 0 Å². The molecule has 2 atom stereocenters. The SMILES string of the molecule is C[C@@H]1COC[C@@H](C)N1C(=O)Cc1csc(NC(=O)c2ccc(Br)o2)n1. The Morgan fingerprint density at radius 3 is 2.72 bits per heavy atom. The molecule has 0 spiro atoms. The number of ether oxygens (including phenoxy) is 1. The Morgan fingerprint density at radius 1 is 1.36 bits per heavy atom. The van der Waals surface area contributed by atoms with Crippen LogP contribution >= 0.6 is 27.3 Å². The van der Waals surface area contributed by atoms with Crippen LogP contribution < -0.4 is 5.32 Å². The second-order valence-electron chi connectivity index (χ2n) is 5.92. The van der Waals surface area contributed by atoms with E-state index in [-0.39, 0.29) is 36.1 Å². The molecular formula is C16H18BrN3O4S. The van der Waals surface area contributed by atoms with Crippen LogP contribution in [-0.2, 0) is 16.0 Å². The monoisotopic (exact) mass is 427 g/mol. The molecule has 1 aliphatic heterocycles. The van der Waals surface area contributed by atoms with Crippen LogP contribution in [-0.4, -0.2) is 47.0 Å². The lowest BCUT2D eigenvalue weighted by atomic mass is 10.1. The molecule has 0 bridgehead atoms. The molecule has 2 aromatic rings. The fourth-order valence-corrected chi connectivity index (χ4v) is 3.79. The number of nitrogens with one attached hydrogen (secondary N) is 1. The van der Waals surface area contributed by atoms with Gasteiger partial charge in [-0.1, -0.05) is 0 Å². The van der Waals surface area contributed by atoms with E-state index in [0.29, 0.717) is 28.7 Å². The van der Waals surface area contributed by atoms with Gasteiger partial charge in [0.25, 0.3) is 5.91 Å². The van der Waals surface area contributed by atoms with Crippen LogP contribution in [0.15, 0.2) is 26.6 Å². The third-order valence-electron chi connectivity index (χ3n) is 3.86. The first-order chi connectivity index (χ1) is 11.9. The standard InChI is InChI=1S/C16H18BrN3O4S/c1-9-6-23-7-10(2)20(9)14(21)5-11-8-25-16(18-11)19-15(22)12-3-4-13(17)24-12/h3-4,8-10H,5-7H2,1-2H3,(H,18,19,22)/t9-,10-/m1/s1. The predicted octanol–water partition coefficient (Wildman–Crippen LogP) is 2.93. The first-order valence-electron chi connectivity index (χ1n) is 7.84. The van der Waals surface area contributed by atoms with Gasteiger partial charge in [0.05, 0.1) is 37.4 Å². The number of thiazole rings is 1. The highest BCUT2D eigenvalue weighted by Crippen LogP contribution is 2.21. The number of halogens is 1. The zero-order chi connectivity index (χ0) is 18.0. The molecule has 9 heteroatoms. The van der Waals surface area contributed by atoms with E-state index in [4.69, 9.17) is 9.15 Å². The highest BCUT2D eigenvalue weighted by molar-refractivity contribution is 9.10. The Labute approximate surface area is 157 Å². The quantitative estimate of drug-likeness (QED) is 0.810. The maximum Gasteiger partial charge on any atom is 0.293 e. The predicted molar refractivity (Wildman–Crippen MR) is 96.8 cm³/mol. The summed E-state index contributed by atoms with van der Waals surface area (Å²) in [5.41, 5.74) is 0.636. The van der Waals surface area contributed by atoms with Gasteiger partial charge in [0, 0.05) is 5.38 Å². The molecule has 2 aromatic heterocycles. The van der Waals surface area contributed by atoms with Crippen molar-refractivity contribution in [3.63, 3.8) is 0 Å². The van der Waals surface area contributed by atoms with Crippen molar-refractivity contribution in [2.45, 2.75) is 32.4 Å². The van der Waals surface area contributed by atoms with Gasteiger partial charge in [-0.2, -0.15) is 0 Å². The number of hydrogen-bond acceptors (Lipinski definition) is 6. The number of hydrogen-bond donors (Lipinski definition) is 1. The molecule has 0 unspecified atom stereocenters. The summed E-state index contributed by atoms with van der Waals surface area (Å²) in [6.45, 7) is 5.05. The molecule has 0 aliphatic carbocycles. The Bertz CT molecular complexity index is 765. The van der Waals surface area contributed by atoms with Gasteiger partial charge >= 0.3 is 0 Å². The molecule has 1 aliphatic rings. The van der Waals surface area contributed by atoms with E-state index in [1.165, 1.54) is 11.3 Å².